The molecule has 1 amide bonds. The second-order valence-electron chi connectivity index (χ2n) is 11.3. The Labute approximate surface area is 251 Å². The van der Waals surface area contributed by atoms with Crippen LogP contribution in [-0.4, -0.2) is 55.5 Å². The zero-order valence-corrected chi connectivity index (χ0v) is 25.8. The molecule has 0 N–H and O–H groups in total. The van der Waals surface area contributed by atoms with Gasteiger partial charge >= 0.3 is 5.69 Å². The van der Waals surface area contributed by atoms with E-state index in [4.69, 9.17) is 16.6 Å². The first-order chi connectivity index (χ1) is 20.1. The molecule has 0 spiro atoms. The van der Waals surface area contributed by atoms with Gasteiger partial charge in [-0.05, 0) is 62.4 Å². The molecule has 42 heavy (non-hydrogen) atoms. The van der Waals surface area contributed by atoms with Gasteiger partial charge in [0.1, 0.15) is 5.82 Å². The van der Waals surface area contributed by atoms with E-state index in [1.54, 1.807) is 15.7 Å². The molecule has 1 aromatic carbocycles. The monoisotopic (exact) mass is 584 g/mol. The van der Waals surface area contributed by atoms with Gasteiger partial charge in [0.05, 0.1) is 27.5 Å². The lowest BCUT2D eigenvalue weighted by atomic mass is 10.0. The molecular weight excluding hydrogens is 548 g/mol. The van der Waals surface area contributed by atoms with Gasteiger partial charge < -0.3 is 9.80 Å². The van der Waals surface area contributed by atoms with Crippen LogP contribution in [0.2, 0.25) is 5.02 Å². The first-order valence-electron chi connectivity index (χ1n) is 14.4. The molecule has 0 saturated carbocycles. The summed E-state index contributed by atoms with van der Waals surface area (Å²) < 4.78 is 1.59. The van der Waals surface area contributed by atoms with Gasteiger partial charge in [0.2, 0.25) is 5.91 Å². The third kappa shape index (κ3) is 5.09. The molecule has 0 bridgehead atoms. The Morgan fingerprint density at radius 3 is 2.57 bits per heavy atom. The number of hydrogen-bond acceptors (Lipinski definition) is 6. The van der Waals surface area contributed by atoms with Crippen molar-refractivity contribution in [1.82, 2.24) is 24.4 Å². The largest absolute Gasteiger partial charge is 0.355 e. The Kier molecular flexibility index (Phi) is 8.19. The van der Waals surface area contributed by atoms with Crippen LogP contribution in [0.25, 0.3) is 28.0 Å². The summed E-state index contributed by atoms with van der Waals surface area (Å²) in [4.78, 5) is 45.0. The summed E-state index contributed by atoms with van der Waals surface area (Å²) in [7, 11) is 0. The molecule has 0 radical (unpaired) electrons. The summed E-state index contributed by atoms with van der Waals surface area (Å²) >= 11 is 7.00. The number of benzene rings is 1. The Morgan fingerprint density at radius 1 is 1.14 bits per heavy atom. The van der Waals surface area contributed by atoms with Crippen molar-refractivity contribution in [2.45, 2.75) is 66.0 Å². The van der Waals surface area contributed by atoms with E-state index in [2.05, 4.69) is 48.3 Å². The summed E-state index contributed by atoms with van der Waals surface area (Å²) in [5.74, 6) is 0.457. The van der Waals surface area contributed by atoms with E-state index in [1.165, 1.54) is 6.08 Å². The van der Waals surface area contributed by atoms with Crippen molar-refractivity contribution in [1.29, 1.82) is 0 Å². The highest BCUT2D eigenvalue weighted by Crippen LogP contribution is 2.37. The van der Waals surface area contributed by atoms with Crippen molar-refractivity contribution in [3.05, 3.63) is 87.6 Å². The Balaban J connectivity index is 1.83. The number of aryl methyl sites for hydroxylation is 2. The lowest BCUT2D eigenvalue weighted by molar-refractivity contribution is -0.128. The van der Waals surface area contributed by atoms with Crippen molar-refractivity contribution >= 4 is 34.4 Å². The van der Waals surface area contributed by atoms with E-state index in [1.807, 2.05) is 51.1 Å². The van der Waals surface area contributed by atoms with Crippen LogP contribution < -0.4 is 10.6 Å². The highest BCUT2D eigenvalue weighted by atomic mass is 35.5. The number of rotatable bonds is 6. The number of halogens is 1. The maximum atomic E-state index is 14.1. The Bertz CT molecular complexity index is 1750. The fraction of sp³-hybridized carbons (Fsp3) is 0.364. The van der Waals surface area contributed by atoms with Crippen molar-refractivity contribution in [2.24, 2.45) is 0 Å². The topological polar surface area (TPSA) is 84.2 Å². The smallest absolute Gasteiger partial charge is 0.349 e. The normalized spacial score (nSPS) is 17.2. The van der Waals surface area contributed by atoms with Gasteiger partial charge in [0.15, 0.2) is 5.65 Å². The molecule has 5 rings (SSSR count). The average Bonchev–Trinajstić information content (AvgIpc) is 2.97. The fourth-order valence-corrected chi connectivity index (χ4v) is 6.16. The Hall–Kier alpha value is -4.04. The van der Waals surface area contributed by atoms with Crippen LogP contribution in [0, 0.1) is 6.92 Å². The predicted octanol–water partition coefficient (Wildman–Crippen LogP) is 6.10. The van der Waals surface area contributed by atoms with Crippen LogP contribution in [0.15, 0.2) is 60.0 Å². The number of nitrogens with zero attached hydrogens (tertiary/aromatic N) is 6. The van der Waals surface area contributed by atoms with E-state index in [-0.39, 0.29) is 23.9 Å². The minimum Gasteiger partial charge on any atom is -0.349 e. The lowest BCUT2D eigenvalue weighted by Crippen LogP contribution is -2.58. The van der Waals surface area contributed by atoms with Crippen LogP contribution in [0.4, 0.5) is 5.82 Å². The number of fused-ring (bicyclic) bond motifs is 1. The highest BCUT2D eigenvalue weighted by Gasteiger charge is 2.34. The SMILES string of the molecule is C=CC(=O)N1CC(C)N(c2nc(=O)n(-c3c(C)ccnc3C(C)C)c3nc(-c4ccccc4CC)c(Cl)cc23)CC1C. The molecule has 3 aromatic heterocycles. The van der Waals surface area contributed by atoms with Gasteiger partial charge in [-0.25, -0.2) is 14.3 Å². The first-order valence-corrected chi connectivity index (χ1v) is 14.8. The van der Waals surface area contributed by atoms with Crippen LogP contribution in [0.1, 0.15) is 57.4 Å². The predicted molar refractivity (Wildman–Crippen MR) is 170 cm³/mol. The Morgan fingerprint density at radius 2 is 1.88 bits per heavy atom. The molecule has 1 aliphatic rings. The summed E-state index contributed by atoms with van der Waals surface area (Å²) in [5, 5.41) is 1.14. The van der Waals surface area contributed by atoms with Crippen LogP contribution in [0.3, 0.4) is 0 Å². The highest BCUT2D eigenvalue weighted by molar-refractivity contribution is 6.34. The van der Waals surface area contributed by atoms with Gasteiger partial charge in [-0.15, -0.1) is 0 Å². The van der Waals surface area contributed by atoms with E-state index in [0.29, 0.717) is 46.3 Å². The van der Waals surface area contributed by atoms with Crippen LogP contribution in [0.5, 0.6) is 0 Å². The number of amides is 1. The average molecular weight is 585 g/mol. The fourth-order valence-electron chi connectivity index (χ4n) is 5.91. The number of carbonyl (C=O) groups excluding carboxylic acids is 1. The second kappa shape index (κ2) is 11.7. The number of carbonyl (C=O) groups is 1. The van der Waals surface area contributed by atoms with Crippen LogP contribution >= 0.6 is 11.6 Å². The molecular formula is C33H37ClN6O2. The molecule has 9 heteroatoms. The zero-order chi connectivity index (χ0) is 30.3. The molecule has 1 fully saturated rings. The lowest BCUT2D eigenvalue weighted by Gasteiger charge is -2.44. The number of hydrogen-bond donors (Lipinski definition) is 0. The minimum absolute atomic E-state index is 0.0606. The van der Waals surface area contributed by atoms with Crippen LogP contribution in [-0.2, 0) is 11.2 Å². The van der Waals surface area contributed by atoms with Crippen molar-refractivity contribution in [2.75, 3.05) is 18.0 Å². The molecule has 1 saturated heterocycles. The molecule has 8 nitrogen and oxygen atoms in total. The van der Waals surface area contributed by atoms with Gasteiger partial charge in [0, 0.05) is 36.9 Å². The molecule has 218 valence electrons. The van der Waals surface area contributed by atoms with E-state index < -0.39 is 5.69 Å². The molecule has 0 aliphatic carbocycles. The number of anilines is 1. The van der Waals surface area contributed by atoms with Gasteiger partial charge in [-0.3, -0.25) is 9.78 Å². The first kappa shape index (κ1) is 29.5. The molecule has 4 heterocycles. The number of pyridine rings is 2. The van der Waals surface area contributed by atoms with E-state index in [0.717, 1.165) is 28.8 Å². The maximum absolute atomic E-state index is 14.1. The van der Waals surface area contributed by atoms with Gasteiger partial charge in [-0.1, -0.05) is 63.2 Å². The summed E-state index contributed by atoms with van der Waals surface area (Å²) in [6.45, 7) is 16.8. The van der Waals surface area contributed by atoms with Crippen molar-refractivity contribution < 1.29 is 4.79 Å². The van der Waals surface area contributed by atoms with Crippen molar-refractivity contribution in [3.63, 3.8) is 0 Å². The standard InChI is InChI=1S/C33H37ClN6O2/c1-8-23-12-10-11-13-24(23)29-26(34)16-25-31(39-18-21(6)38(17-22(39)7)27(41)9-2)37-33(42)40(32(25)36-29)30-20(5)14-15-35-28(30)19(3)4/h9-16,19,21-22H,2,8,17-18H2,1,3-7H3. The molecule has 1 aliphatic heterocycles. The van der Waals surface area contributed by atoms with E-state index >= 15 is 0 Å². The molecule has 2 atom stereocenters. The summed E-state index contributed by atoms with van der Waals surface area (Å²) in [6.07, 6.45) is 3.92. The third-order valence-corrected chi connectivity index (χ3v) is 8.38. The molecule has 4 aromatic rings. The summed E-state index contributed by atoms with van der Waals surface area (Å²) in [5.41, 5.74) is 5.06. The maximum Gasteiger partial charge on any atom is 0.355 e. The molecule has 2 unspecified atom stereocenters. The number of aromatic nitrogens is 4. The summed E-state index contributed by atoms with van der Waals surface area (Å²) in [6, 6.07) is 11.6. The van der Waals surface area contributed by atoms with E-state index in [9.17, 15) is 9.59 Å². The van der Waals surface area contributed by atoms with Gasteiger partial charge in [0.25, 0.3) is 0 Å². The number of piperazine rings is 1. The third-order valence-electron chi connectivity index (χ3n) is 8.10. The van der Waals surface area contributed by atoms with Gasteiger partial charge in [-0.2, -0.15) is 4.98 Å². The quantitative estimate of drug-likeness (QED) is 0.255. The van der Waals surface area contributed by atoms with Crippen molar-refractivity contribution in [3.8, 4) is 16.9 Å². The second-order valence-corrected chi connectivity index (χ2v) is 11.7. The zero-order valence-electron chi connectivity index (χ0n) is 25.1. The minimum atomic E-state index is -0.440.